The number of rotatable bonds is 3. The van der Waals surface area contributed by atoms with Gasteiger partial charge < -0.3 is 10.6 Å². The van der Waals surface area contributed by atoms with Crippen LogP contribution in [0.4, 0.5) is 4.39 Å². The Bertz CT molecular complexity index is 886. The third-order valence-electron chi connectivity index (χ3n) is 6.94. The zero-order chi connectivity index (χ0) is 20.7. The van der Waals surface area contributed by atoms with Crippen LogP contribution in [0.2, 0.25) is 0 Å². The van der Waals surface area contributed by atoms with Crippen molar-refractivity contribution in [2.45, 2.75) is 56.1 Å². The Hall–Kier alpha value is -1.92. The summed E-state index contributed by atoms with van der Waals surface area (Å²) >= 11 is 6.29. The molecule has 7 heteroatoms. The summed E-state index contributed by atoms with van der Waals surface area (Å²) in [6.07, 6.45) is 13.6. The molecule has 0 bridgehead atoms. The Kier molecular flexibility index (Phi) is 5.54. The van der Waals surface area contributed by atoms with Crippen molar-refractivity contribution in [3.8, 4) is 0 Å². The van der Waals surface area contributed by atoms with Crippen LogP contribution in [0.5, 0.6) is 0 Å². The minimum absolute atomic E-state index is 0.145. The fraction of sp³-hybridized carbons (Fsp3) is 0.565. The summed E-state index contributed by atoms with van der Waals surface area (Å²) in [5.74, 6) is 0.101. The van der Waals surface area contributed by atoms with Gasteiger partial charge in [0.05, 0.1) is 17.5 Å². The molecule has 5 atom stereocenters. The van der Waals surface area contributed by atoms with E-state index in [-0.39, 0.29) is 29.3 Å². The molecule has 2 aliphatic carbocycles. The van der Waals surface area contributed by atoms with E-state index in [2.05, 4.69) is 51.1 Å². The van der Waals surface area contributed by atoms with Crippen molar-refractivity contribution < 1.29 is 4.39 Å². The van der Waals surface area contributed by atoms with Gasteiger partial charge in [0.2, 0.25) is 0 Å². The smallest absolute Gasteiger partial charge is 0.141 e. The highest BCUT2D eigenvalue weighted by atomic mass is 35.5. The minimum Gasteiger partial charge on any atom is -0.383 e. The molecule has 0 radical (unpaired) electrons. The van der Waals surface area contributed by atoms with E-state index in [9.17, 15) is 4.39 Å². The van der Waals surface area contributed by atoms with Crippen LogP contribution in [0.15, 0.2) is 69.0 Å². The molecule has 5 unspecified atom stereocenters. The summed E-state index contributed by atoms with van der Waals surface area (Å²) in [5, 5.41) is 17.8. The summed E-state index contributed by atoms with van der Waals surface area (Å²) in [4.78, 5) is 0. The fourth-order valence-electron chi connectivity index (χ4n) is 5.39. The van der Waals surface area contributed by atoms with Crippen molar-refractivity contribution in [1.82, 2.24) is 15.6 Å². The lowest BCUT2D eigenvalue weighted by molar-refractivity contribution is 0.254. The standard InChI is InChI=1S/C23H29ClFN5/c1-14-23-18-4-2-16(15-6-9-26-10-7-15)12-19(18)21(8-11-30(23)29-28-14)27-22-13-17(24)3-5-20(22)25/h2-6,14,17,19,21,23,26-27H,7-13H2,1H3. The molecule has 30 heavy (non-hydrogen) atoms. The van der Waals surface area contributed by atoms with Crippen molar-refractivity contribution in [3.63, 3.8) is 0 Å². The molecule has 0 amide bonds. The predicted octanol–water partition coefficient (Wildman–Crippen LogP) is 4.33. The van der Waals surface area contributed by atoms with Gasteiger partial charge in [-0.2, -0.15) is 5.11 Å². The van der Waals surface area contributed by atoms with Crippen molar-refractivity contribution >= 4 is 11.6 Å². The molecule has 5 nitrogen and oxygen atoms in total. The lowest BCUT2D eigenvalue weighted by Gasteiger charge is -2.36. The highest BCUT2D eigenvalue weighted by molar-refractivity contribution is 6.22. The second-order valence-corrected chi connectivity index (χ2v) is 9.41. The molecule has 3 heterocycles. The number of hydrogen-bond donors (Lipinski definition) is 2. The Morgan fingerprint density at radius 1 is 1.27 bits per heavy atom. The molecule has 2 N–H and O–H groups in total. The van der Waals surface area contributed by atoms with Crippen LogP contribution >= 0.6 is 11.6 Å². The van der Waals surface area contributed by atoms with Gasteiger partial charge in [-0.3, -0.25) is 5.01 Å². The van der Waals surface area contributed by atoms with Crippen LogP contribution in [0.3, 0.4) is 0 Å². The van der Waals surface area contributed by atoms with Crippen LogP contribution in [-0.4, -0.2) is 48.1 Å². The first kappa shape index (κ1) is 20.0. The number of hydrogen-bond acceptors (Lipinski definition) is 5. The Balaban J connectivity index is 1.47. The van der Waals surface area contributed by atoms with Crippen LogP contribution in [-0.2, 0) is 0 Å². The van der Waals surface area contributed by atoms with Crippen LogP contribution in [0.1, 0.15) is 32.6 Å². The summed E-state index contributed by atoms with van der Waals surface area (Å²) in [5.41, 5.74) is 4.87. The average molecular weight is 430 g/mol. The SMILES string of the molecule is CC1N=NN2CCC(NC3=C(F)C=CC(Cl)C3)C3CC(C4=CCNCC4)=CC=C3C12. The van der Waals surface area contributed by atoms with Gasteiger partial charge in [-0.1, -0.05) is 29.5 Å². The van der Waals surface area contributed by atoms with Crippen LogP contribution in [0, 0.1) is 5.92 Å². The number of fused-ring (bicyclic) bond motifs is 3. The Labute approximate surface area is 182 Å². The second kappa shape index (κ2) is 8.31. The number of alkyl halides is 1. The average Bonchev–Trinajstić information content (AvgIpc) is 3.06. The molecular formula is C23H29ClFN5. The van der Waals surface area contributed by atoms with E-state index in [1.165, 1.54) is 22.8 Å². The van der Waals surface area contributed by atoms with E-state index in [0.29, 0.717) is 18.0 Å². The second-order valence-electron chi connectivity index (χ2n) is 8.85. The number of nitrogens with one attached hydrogen (secondary N) is 2. The van der Waals surface area contributed by atoms with Gasteiger partial charge in [-0.05, 0) is 55.5 Å². The van der Waals surface area contributed by atoms with Gasteiger partial charge in [0.25, 0.3) is 0 Å². The first-order chi connectivity index (χ1) is 14.6. The maximum absolute atomic E-state index is 14.5. The molecule has 0 aromatic carbocycles. The maximum atomic E-state index is 14.5. The zero-order valence-electron chi connectivity index (χ0n) is 17.3. The normalized spacial score (nSPS) is 35.9. The largest absolute Gasteiger partial charge is 0.383 e. The van der Waals surface area contributed by atoms with Gasteiger partial charge in [0, 0.05) is 37.2 Å². The monoisotopic (exact) mass is 429 g/mol. The first-order valence-corrected chi connectivity index (χ1v) is 11.5. The van der Waals surface area contributed by atoms with E-state index in [1.54, 1.807) is 6.08 Å². The van der Waals surface area contributed by atoms with Gasteiger partial charge in [0.1, 0.15) is 5.83 Å². The van der Waals surface area contributed by atoms with E-state index in [0.717, 1.165) is 38.9 Å². The molecule has 1 fully saturated rings. The Morgan fingerprint density at radius 2 is 2.17 bits per heavy atom. The van der Waals surface area contributed by atoms with E-state index >= 15 is 0 Å². The number of halogens is 2. The van der Waals surface area contributed by atoms with Crippen molar-refractivity contribution in [1.29, 1.82) is 0 Å². The highest BCUT2D eigenvalue weighted by Gasteiger charge is 2.43. The fourth-order valence-corrected chi connectivity index (χ4v) is 5.61. The van der Waals surface area contributed by atoms with Gasteiger partial charge in [-0.25, -0.2) is 4.39 Å². The number of allylic oxidation sites excluding steroid dienone is 7. The predicted molar refractivity (Wildman–Crippen MR) is 118 cm³/mol. The first-order valence-electron chi connectivity index (χ1n) is 11.1. The third-order valence-corrected chi connectivity index (χ3v) is 7.24. The molecule has 5 aliphatic rings. The molecule has 1 saturated heterocycles. The summed E-state index contributed by atoms with van der Waals surface area (Å²) in [6, 6.07) is 0.491. The summed E-state index contributed by atoms with van der Waals surface area (Å²) in [6.45, 7) is 4.92. The third kappa shape index (κ3) is 3.76. The van der Waals surface area contributed by atoms with Crippen molar-refractivity contribution in [2.75, 3.05) is 19.6 Å². The topological polar surface area (TPSA) is 52.0 Å². The molecule has 3 aliphatic heterocycles. The summed E-state index contributed by atoms with van der Waals surface area (Å²) in [7, 11) is 0. The zero-order valence-corrected chi connectivity index (χ0v) is 18.1. The summed E-state index contributed by atoms with van der Waals surface area (Å²) < 4.78 is 14.5. The molecule has 0 aromatic heterocycles. The van der Waals surface area contributed by atoms with E-state index < -0.39 is 0 Å². The quantitative estimate of drug-likeness (QED) is 0.656. The molecule has 0 spiro atoms. The van der Waals surface area contributed by atoms with Crippen molar-refractivity contribution in [2.24, 2.45) is 16.3 Å². The molecule has 160 valence electrons. The molecular weight excluding hydrogens is 401 g/mol. The molecule has 5 rings (SSSR count). The minimum atomic E-state index is -0.192. The highest BCUT2D eigenvalue weighted by Crippen LogP contribution is 2.42. The lowest BCUT2D eigenvalue weighted by Crippen LogP contribution is -2.41. The van der Waals surface area contributed by atoms with E-state index in [4.69, 9.17) is 11.6 Å². The molecule has 0 aromatic rings. The van der Waals surface area contributed by atoms with Crippen LogP contribution < -0.4 is 10.6 Å². The van der Waals surface area contributed by atoms with Crippen LogP contribution in [0.25, 0.3) is 0 Å². The van der Waals surface area contributed by atoms with E-state index in [1.807, 2.05) is 0 Å². The van der Waals surface area contributed by atoms with Gasteiger partial charge in [-0.15, -0.1) is 11.6 Å². The van der Waals surface area contributed by atoms with Gasteiger partial charge >= 0.3 is 0 Å². The maximum Gasteiger partial charge on any atom is 0.141 e. The number of nitrogens with zero attached hydrogens (tertiary/aromatic N) is 3. The lowest BCUT2D eigenvalue weighted by atomic mass is 9.75. The molecule has 0 saturated carbocycles. The Morgan fingerprint density at radius 3 is 3.00 bits per heavy atom. The van der Waals surface area contributed by atoms with Gasteiger partial charge in [0.15, 0.2) is 0 Å². The van der Waals surface area contributed by atoms with Crippen molar-refractivity contribution in [3.05, 3.63) is 58.6 Å².